The first-order valence-corrected chi connectivity index (χ1v) is 6.02. The summed E-state index contributed by atoms with van der Waals surface area (Å²) in [6.07, 6.45) is 3.63. The number of benzene rings is 1. The Morgan fingerprint density at radius 1 is 1.22 bits per heavy atom. The van der Waals surface area contributed by atoms with E-state index >= 15 is 0 Å². The van der Waals surface area contributed by atoms with Crippen molar-refractivity contribution in [3.63, 3.8) is 0 Å². The van der Waals surface area contributed by atoms with Gasteiger partial charge >= 0.3 is 0 Å². The van der Waals surface area contributed by atoms with Crippen molar-refractivity contribution in [1.82, 2.24) is 4.90 Å². The second kappa shape index (κ2) is 5.74. The molecule has 18 heavy (non-hydrogen) atoms. The van der Waals surface area contributed by atoms with Gasteiger partial charge in [-0.1, -0.05) is 23.7 Å². The van der Waals surface area contributed by atoms with Gasteiger partial charge < -0.3 is 9.32 Å². The van der Waals surface area contributed by atoms with Crippen LogP contribution in [0.3, 0.4) is 0 Å². The van der Waals surface area contributed by atoms with Gasteiger partial charge in [0.15, 0.2) is 0 Å². The van der Waals surface area contributed by atoms with E-state index in [4.69, 9.17) is 16.0 Å². The zero-order chi connectivity index (χ0) is 13.0. The minimum Gasteiger partial charge on any atom is -0.472 e. The van der Waals surface area contributed by atoms with Gasteiger partial charge in [-0.25, -0.2) is 0 Å². The van der Waals surface area contributed by atoms with Crippen molar-refractivity contribution in [2.45, 2.75) is 13.0 Å². The lowest BCUT2D eigenvalue weighted by Crippen LogP contribution is -2.27. The van der Waals surface area contributed by atoms with Crippen molar-refractivity contribution < 1.29 is 9.21 Å². The van der Waals surface area contributed by atoms with E-state index in [0.717, 1.165) is 11.1 Å². The zero-order valence-electron chi connectivity index (χ0n) is 10.1. The van der Waals surface area contributed by atoms with Crippen LogP contribution in [0.5, 0.6) is 0 Å². The van der Waals surface area contributed by atoms with Gasteiger partial charge in [0.05, 0.1) is 18.9 Å². The van der Waals surface area contributed by atoms with Crippen molar-refractivity contribution >= 4 is 17.5 Å². The Morgan fingerprint density at radius 3 is 2.56 bits per heavy atom. The van der Waals surface area contributed by atoms with Gasteiger partial charge in [-0.3, -0.25) is 4.79 Å². The van der Waals surface area contributed by atoms with Crippen molar-refractivity contribution in [2.24, 2.45) is 0 Å². The number of hydrogen-bond acceptors (Lipinski definition) is 2. The topological polar surface area (TPSA) is 33.5 Å². The first kappa shape index (κ1) is 12.7. The average molecular weight is 264 g/mol. The molecule has 0 spiro atoms. The van der Waals surface area contributed by atoms with Crippen LogP contribution in [0.25, 0.3) is 0 Å². The smallest absolute Gasteiger partial charge is 0.227 e. The molecule has 0 saturated heterocycles. The fraction of sp³-hybridized carbons (Fsp3) is 0.214. The second-order valence-corrected chi connectivity index (χ2v) is 4.62. The molecule has 1 aromatic carbocycles. The molecule has 94 valence electrons. The molecule has 2 aromatic rings. The Balaban J connectivity index is 1.93. The molecule has 0 radical (unpaired) electrons. The van der Waals surface area contributed by atoms with Crippen molar-refractivity contribution in [2.75, 3.05) is 7.05 Å². The van der Waals surface area contributed by atoms with Gasteiger partial charge in [0.25, 0.3) is 0 Å². The lowest BCUT2D eigenvalue weighted by atomic mass is 10.1. The predicted octanol–water partition coefficient (Wildman–Crippen LogP) is 3.13. The van der Waals surface area contributed by atoms with E-state index in [0.29, 0.717) is 18.0 Å². The Kier molecular flexibility index (Phi) is 4.05. The van der Waals surface area contributed by atoms with Gasteiger partial charge in [0.1, 0.15) is 0 Å². The molecule has 0 saturated carbocycles. The summed E-state index contributed by atoms with van der Waals surface area (Å²) < 4.78 is 4.97. The van der Waals surface area contributed by atoms with Gasteiger partial charge in [0.2, 0.25) is 5.91 Å². The molecule has 0 aliphatic carbocycles. The summed E-state index contributed by atoms with van der Waals surface area (Å²) in [5, 5.41) is 0.679. The summed E-state index contributed by atoms with van der Waals surface area (Å²) in [6.45, 7) is 0.558. The maximum atomic E-state index is 12.0. The number of carbonyl (C=O) groups is 1. The molecule has 0 N–H and O–H groups in total. The van der Waals surface area contributed by atoms with Crippen LogP contribution in [0.1, 0.15) is 11.1 Å². The van der Waals surface area contributed by atoms with E-state index in [9.17, 15) is 4.79 Å². The van der Waals surface area contributed by atoms with E-state index in [-0.39, 0.29) is 5.91 Å². The number of likely N-dealkylation sites (N-methyl/N-ethyl adjacent to an activating group) is 1. The molecular weight excluding hydrogens is 250 g/mol. The van der Waals surface area contributed by atoms with Crippen LogP contribution in [0.15, 0.2) is 47.3 Å². The number of nitrogens with zero attached hydrogens (tertiary/aromatic N) is 1. The molecule has 4 heteroatoms. The summed E-state index contributed by atoms with van der Waals surface area (Å²) in [5.41, 5.74) is 1.95. The van der Waals surface area contributed by atoms with Crippen molar-refractivity contribution in [3.8, 4) is 0 Å². The zero-order valence-corrected chi connectivity index (χ0v) is 10.9. The van der Waals surface area contributed by atoms with Crippen LogP contribution in [0.4, 0.5) is 0 Å². The van der Waals surface area contributed by atoms with Gasteiger partial charge in [0, 0.05) is 24.2 Å². The Morgan fingerprint density at radius 2 is 1.94 bits per heavy atom. The minimum atomic E-state index is 0.0681. The fourth-order valence-electron chi connectivity index (χ4n) is 1.66. The number of rotatable bonds is 4. The van der Waals surface area contributed by atoms with Crippen LogP contribution in [-0.4, -0.2) is 17.9 Å². The summed E-state index contributed by atoms with van der Waals surface area (Å²) in [6, 6.07) is 9.17. The van der Waals surface area contributed by atoms with E-state index in [1.165, 1.54) is 0 Å². The van der Waals surface area contributed by atoms with E-state index in [1.807, 2.05) is 18.2 Å². The first-order chi connectivity index (χ1) is 8.65. The SMILES string of the molecule is CN(Cc1ccoc1)C(=O)Cc1ccc(Cl)cc1. The highest BCUT2D eigenvalue weighted by Crippen LogP contribution is 2.11. The third kappa shape index (κ3) is 3.37. The minimum absolute atomic E-state index is 0.0681. The summed E-state index contributed by atoms with van der Waals surface area (Å²) >= 11 is 5.80. The highest BCUT2D eigenvalue weighted by molar-refractivity contribution is 6.30. The standard InChI is InChI=1S/C14H14ClNO2/c1-16(9-12-6-7-18-10-12)14(17)8-11-2-4-13(15)5-3-11/h2-7,10H,8-9H2,1H3. The molecule has 0 aliphatic heterocycles. The van der Waals surface area contributed by atoms with E-state index in [1.54, 1.807) is 36.6 Å². The molecule has 1 aromatic heterocycles. The van der Waals surface area contributed by atoms with Crippen LogP contribution < -0.4 is 0 Å². The van der Waals surface area contributed by atoms with Crippen molar-refractivity contribution in [1.29, 1.82) is 0 Å². The second-order valence-electron chi connectivity index (χ2n) is 4.18. The van der Waals surface area contributed by atoms with Crippen LogP contribution >= 0.6 is 11.6 Å². The van der Waals surface area contributed by atoms with Crippen LogP contribution in [0.2, 0.25) is 5.02 Å². The van der Waals surface area contributed by atoms with Gasteiger partial charge in [-0.05, 0) is 23.8 Å². The molecule has 0 bridgehead atoms. The highest BCUT2D eigenvalue weighted by atomic mass is 35.5. The quantitative estimate of drug-likeness (QED) is 0.849. The monoisotopic (exact) mass is 263 g/mol. The normalized spacial score (nSPS) is 10.3. The number of carbonyl (C=O) groups excluding carboxylic acids is 1. The third-order valence-electron chi connectivity index (χ3n) is 2.69. The maximum absolute atomic E-state index is 12.0. The van der Waals surface area contributed by atoms with Crippen LogP contribution in [-0.2, 0) is 17.8 Å². The lowest BCUT2D eigenvalue weighted by Gasteiger charge is -2.16. The Hall–Kier alpha value is -1.74. The number of hydrogen-bond donors (Lipinski definition) is 0. The summed E-state index contributed by atoms with van der Waals surface area (Å²) in [5.74, 6) is 0.0681. The molecule has 0 fully saturated rings. The molecule has 0 atom stereocenters. The maximum Gasteiger partial charge on any atom is 0.227 e. The largest absolute Gasteiger partial charge is 0.472 e. The van der Waals surface area contributed by atoms with E-state index < -0.39 is 0 Å². The molecule has 1 heterocycles. The van der Waals surface area contributed by atoms with E-state index in [2.05, 4.69) is 0 Å². The Labute approximate surface area is 111 Å². The lowest BCUT2D eigenvalue weighted by molar-refractivity contribution is -0.129. The predicted molar refractivity (Wildman–Crippen MR) is 70.3 cm³/mol. The molecule has 0 unspecified atom stereocenters. The molecule has 0 aliphatic rings. The summed E-state index contributed by atoms with van der Waals surface area (Å²) in [7, 11) is 1.78. The van der Waals surface area contributed by atoms with Crippen molar-refractivity contribution in [3.05, 3.63) is 59.0 Å². The third-order valence-corrected chi connectivity index (χ3v) is 2.95. The molecule has 3 nitrogen and oxygen atoms in total. The number of amides is 1. The Bertz CT molecular complexity index is 505. The molecule has 2 rings (SSSR count). The van der Waals surface area contributed by atoms with Gasteiger partial charge in [-0.2, -0.15) is 0 Å². The number of furan rings is 1. The first-order valence-electron chi connectivity index (χ1n) is 5.64. The number of halogens is 1. The molecular formula is C14H14ClNO2. The highest BCUT2D eigenvalue weighted by Gasteiger charge is 2.10. The average Bonchev–Trinajstić information content (AvgIpc) is 2.85. The molecule has 1 amide bonds. The fourth-order valence-corrected chi connectivity index (χ4v) is 1.78. The van der Waals surface area contributed by atoms with Gasteiger partial charge in [-0.15, -0.1) is 0 Å². The van der Waals surface area contributed by atoms with Crippen LogP contribution in [0, 0.1) is 0 Å². The summed E-state index contributed by atoms with van der Waals surface area (Å²) in [4.78, 5) is 13.7.